The van der Waals surface area contributed by atoms with Gasteiger partial charge in [0.15, 0.2) is 5.78 Å². The molecule has 0 amide bonds. The van der Waals surface area contributed by atoms with Crippen LogP contribution in [0, 0.1) is 12.7 Å². The van der Waals surface area contributed by atoms with Crippen molar-refractivity contribution in [1.29, 1.82) is 0 Å². The predicted octanol–water partition coefficient (Wildman–Crippen LogP) is 2.45. The van der Waals surface area contributed by atoms with Crippen molar-refractivity contribution in [2.45, 2.75) is 26.2 Å². The minimum absolute atomic E-state index is 0.0703. The Labute approximate surface area is 89.3 Å². The topological polar surface area (TPSA) is 43.1 Å². The molecule has 0 atom stereocenters. The van der Waals surface area contributed by atoms with E-state index in [1.54, 1.807) is 13.0 Å². The van der Waals surface area contributed by atoms with Crippen LogP contribution in [0.4, 0.5) is 4.39 Å². The van der Waals surface area contributed by atoms with Gasteiger partial charge in [0.1, 0.15) is 5.82 Å². The minimum atomic E-state index is -0.300. The second-order valence-corrected chi connectivity index (χ2v) is 3.63. The first kappa shape index (κ1) is 11.9. The Morgan fingerprint density at radius 3 is 2.73 bits per heavy atom. The van der Waals surface area contributed by atoms with Crippen LogP contribution in [-0.4, -0.2) is 12.3 Å². The van der Waals surface area contributed by atoms with E-state index in [4.69, 9.17) is 5.73 Å². The quantitative estimate of drug-likeness (QED) is 0.598. The molecule has 0 saturated carbocycles. The van der Waals surface area contributed by atoms with Gasteiger partial charge in [-0.15, -0.1) is 0 Å². The maximum Gasteiger partial charge on any atom is 0.163 e. The van der Waals surface area contributed by atoms with Gasteiger partial charge < -0.3 is 5.73 Å². The van der Waals surface area contributed by atoms with Gasteiger partial charge in [0, 0.05) is 12.0 Å². The number of unbranched alkanes of at least 4 members (excludes halogenated alkanes) is 1. The molecule has 2 N–H and O–H groups in total. The van der Waals surface area contributed by atoms with E-state index in [2.05, 4.69) is 0 Å². The van der Waals surface area contributed by atoms with Gasteiger partial charge in [-0.2, -0.15) is 0 Å². The molecule has 2 nitrogen and oxygen atoms in total. The number of aryl methyl sites for hydroxylation is 1. The summed E-state index contributed by atoms with van der Waals surface area (Å²) in [6.45, 7) is 2.36. The maximum absolute atomic E-state index is 12.8. The van der Waals surface area contributed by atoms with Crippen molar-refractivity contribution in [3.05, 3.63) is 35.1 Å². The maximum atomic E-state index is 12.8. The first-order valence-electron chi connectivity index (χ1n) is 5.14. The average Bonchev–Trinajstić information content (AvgIpc) is 2.17. The summed E-state index contributed by atoms with van der Waals surface area (Å²) in [6.07, 6.45) is 2.14. The van der Waals surface area contributed by atoms with Gasteiger partial charge in [0.05, 0.1) is 0 Å². The lowest BCUT2D eigenvalue weighted by Gasteiger charge is -2.04. The van der Waals surface area contributed by atoms with E-state index in [-0.39, 0.29) is 11.6 Å². The number of nitrogens with two attached hydrogens (primary N) is 1. The number of rotatable bonds is 5. The second kappa shape index (κ2) is 5.61. The Kier molecular flexibility index (Phi) is 4.43. The number of benzene rings is 1. The monoisotopic (exact) mass is 209 g/mol. The number of carbonyl (C=O) groups excluding carboxylic acids is 1. The number of Topliss-reactive ketones (excluding diaryl/α,β-unsaturated/α-hetero) is 1. The van der Waals surface area contributed by atoms with Crippen LogP contribution in [0.5, 0.6) is 0 Å². The van der Waals surface area contributed by atoms with Gasteiger partial charge in [0.25, 0.3) is 0 Å². The molecule has 1 aromatic carbocycles. The van der Waals surface area contributed by atoms with Crippen molar-refractivity contribution in [3.8, 4) is 0 Å². The number of hydrogen-bond acceptors (Lipinski definition) is 2. The highest BCUT2D eigenvalue weighted by Gasteiger charge is 2.08. The number of carbonyl (C=O) groups is 1. The van der Waals surface area contributed by atoms with E-state index >= 15 is 0 Å². The van der Waals surface area contributed by atoms with Crippen LogP contribution in [-0.2, 0) is 0 Å². The Morgan fingerprint density at radius 1 is 1.40 bits per heavy atom. The summed E-state index contributed by atoms with van der Waals surface area (Å²) >= 11 is 0. The summed E-state index contributed by atoms with van der Waals surface area (Å²) in [7, 11) is 0. The molecular weight excluding hydrogens is 193 g/mol. The third-order valence-corrected chi connectivity index (χ3v) is 2.35. The molecule has 0 unspecified atom stereocenters. The molecule has 0 radical (unpaired) electrons. The van der Waals surface area contributed by atoms with E-state index in [1.807, 2.05) is 0 Å². The fourth-order valence-electron chi connectivity index (χ4n) is 1.50. The SMILES string of the molecule is Cc1cc(F)ccc1C(=O)CCCCN. The number of ketones is 1. The van der Waals surface area contributed by atoms with Crippen molar-refractivity contribution in [2.75, 3.05) is 6.54 Å². The van der Waals surface area contributed by atoms with Crippen LogP contribution in [0.15, 0.2) is 18.2 Å². The van der Waals surface area contributed by atoms with Crippen molar-refractivity contribution >= 4 is 5.78 Å². The smallest absolute Gasteiger partial charge is 0.163 e. The van der Waals surface area contributed by atoms with Crippen LogP contribution < -0.4 is 5.73 Å². The molecule has 0 heterocycles. The molecule has 0 bridgehead atoms. The van der Waals surface area contributed by atoms with Crippen LogP contribution in [0.1, 0.15) is 35.2 Å². The van der Waals surface area contributed by atoms with E-state index in [0.29, 0.717) is 24.1 Å². The molecule has 82 valence electrons. The van der Waals surface area contributed by atoms with Crippen LogP contribution in [0.25, 0.3) is 0 Å². The van der Waals surface area contributed by atoms with Crippen LogP contribution >= 0.6 is 0 Å². The normalized spacial score (nSPS) is 10.3. The Balaban J connectivity index is 2.65. The summed E-state index contributed by atoms with van der Waals surface area (Å²) in [5, 5.41) is 0. The Morgan fingerprint density at radius 2 is 2.13 bits per heavy atom. The molecule has 0 aliphatic heterocycles. The fourth-order valence-corrected chi connectivity index (χ4v) is 1.50. The highest BCUT2D eigenvalue weighted by molar-refractivity contribution is 5.97. The summed E-state index contributed by atoms with van der Waals surface area (Å²) in [5.41, 5.74) is 6.66. The molecule has 0 aliphatic rings. The lowest BCUT2D eigenvalue weighted by molar-refractivity contribution is 0.0979. The zero-order chi connectivity index (χ0) is 11.3. The van der Waals surface area contributed by atoms with Gasteiger partial charge in [-0.3, -0.25) is 4.79 Å². The Bertz CT molecular complexity index is 349. The summed E-state index contributed by atoms with van der Waals surface area (Å²) in [4.78, 5) is 11.7. The third-order valence-electron chi connectivity index (χ3n) is 2.35. The van der Waals surface area contributed by atoms with Crippen molar-refractivity contribution in [1.82, 2.24) is 0 Å². The minimum Gasteiger partial charge on any atom is -0.330 e. The molecule has 0 saturated heterocycles. The molecule has 15 heavy (non-hydrogen) atoms. The number of hydrogen-bond donors (Lipinski definition) is 1. The second-order valence-electron chi connectivity index (χ2n) is 3.63. The van der Waals surface area contributed by atoms with E-state index in [1.165, 1.54) is 12.1 Å². The Hall–Kier alpha value is -1.22. The first-order chi connectivity index (χ1) is 7.15. The van der Waals surface area contributed by atoms with Gasteiger partial charge in [0.2, 0.25) is 0 Å². The molecule has 0 aromatic heterocycles. The fraction of sp³-hybridized carbons (Fsp3) is 0.417. The van der Waals surface area contributed by atoms with E-state index < -0.39 is 0 Å². The summed E-state index contributed by atoms with van der Waals surface area (Å²) in [6, 6.07) is 4.26. The summed E-state index contributed by atoms with van der Waals surface area (Å²) in [5.74, 6) is -0.230. The molecular formula is C12H16FNO. The first-order valence-corrected chi connectivity index (χ1v) is 5.14. The third kappa shape index (κ3) is 3.44. The van der Waals surface area contributed by atoms with Crippen molar-refractivity contribution < 1.29 is 9.18 Å². The van der Waals surface area contributed by atoms with Gasteiger partial charge in [-0.05, 0) is 50.1 Å². The zero-order valence-electron chi connectivity index (χ0n) is 8.92. The van der Waals surface area contributed by atoms with Gasteiger partial charge >= 0.3 is 0 Å². The van der Waals surface area contributed by atoms with Crippen molar-refractivity contribution in [2.24, 2.45) is 5.73 Å². The predicted molar refractivity (Wildman–Crippen MR) is 58.4 cm³/mol. The highest BCUT2D eigenvalue weighted by Crippen LogP contribution is 2.13. The largest absolute Gasteiger partial charge is 0.330 e. The molecule has 0 fully saturated rings. The van der Waals surface area contributed by atoms with Gasteiger partial charge in [-0.25, -0.2) is 4.39 Å². The molecule has 1 aromatic rings. The standard InChI is InChI=1S/C12H16FNO/c1-9-8-10(13)5-6-11(9)12(15)4-2-3-7-14/h5-6,8H,2-4,7,14H2,1H3. The molecule has 3 heteroatoms. The van der Waals surface area contributed by atoms with Crippen LogP contribution in [0.3, 0.4) is 0 Å². The lowest BCUT2D eigenvalue weighted by atomic mass is 10.0. The zero-order valence-corrected chi connectivity index (χ0v) is 8.92. The summed E-state index contributed by atoms with van der Waals surface area (Å²) < 4.78 is 12.8. The van der Waals surface area contributed by atoms with Gasteiger partial charge in [-0.1, -0.05) is 0 Å². The van der Waals surface area contributed by atoms with E-state index in [0.717, 1.165) is 12.8 Å². The molecule has 0 aliphatic carbocycles. The highest BCUT2D eigenvalue weighted by atomic mass is 19.1. The van der Waals surface area contributed by atoms with Crippen molar-refractivity contribution in [3.63, 3.8) is 0 Å². The lowest BCUT2D eigenvalue weighted by Crippen LogP contribution is -2.04. The average molecular weight is 209 g/mol. The number of halogens is 1. The van der Waals surface area contributed by atoms with Crippen LogP contribution in [0.2, 0.25) is 0 Å². The molecule has 1 rings (SSSR count). The molecule has 0 spiro atoms. The van der Waals surface area contributed by atoms with E-state index in [9.17, 15) is 9.18 Å².